The number of nitrogens with zero attached hydrogens (tertiary/aromatic N) is 1. The molecule has 0 bridgehead atoms. The summed E-state index contributed by atoms with van der Waals surface area (Å²) in [5, 5.41) is 10.7. The van der Waals surface area contributed by atoms with E-state index in [0.29, 0.717) is 0 Å². The summed E-state index contributed by atoms with van der Waals surface area (Å²) in [6.07, 6.45) is 3.85. The first-order valence-corrected chi connectivity index (χ1v) is 13.6. The van der Waals surface area contributed by atoms with E-state index in [2.05, 4.69) is 127 Å². The Labute approximate surface area is 223 Å². The van der Waals surface area contributed by atoms with E-state index in [4.69, 9.17) is 4.98 Å². The highest BCUT2D eigenvalue weighted by Gasteiger charge is 2.09. The van der Waals surface area contributed by atoms with Crippen molar-refractivity contribution in [1.82, 2.24) is 4.98 Å². The van der Waals surface area contributed by atoms with Crippen LogP contribution >= 0.6 is 0 Å². The van der Waals surface area contributed by atoms with Crippen molar-refractivity contribution in [3.8, 4) is 0 Å². The summed E-state index contributed by atoms with van der Waals surface area (Å²) in [7, 11) is 0. The highest BCUT2D eigenvalue weighted by molar-refractivity contribution is 6.09. The highest BCUT2D eigenvalue weighted by atomic mass is 14.7. The number of pyridine rings is 1. The molecule has 0 spiro atoms. The molecule has 0 aliphatic heterocycles. The highest BCUT2D eigenvalue weighted by Crippen LogP contribution is 2.31. The van der Waals surface area contributed by atoms with E-state index in [1.807, 2.05) is 0 Å². The lowest BCUT2D eigenvalue weighted by molar-refractivity contribution is 0.862. The Morgan fingerprint density at radius 3 is 1.21 bits per heavy atom. The molecule has 1 nitrogen and oxygen atoms in total. The van der Waals surface area contributed by atoms with Gasteiger partial charge in [0.2, 0.25) is 0 Å². The molecule has 0 amide bonds. The third kappa shape index (κ3) is 4.21. The first kappa shape index (κ1) is 22.7. The summed E-state index contributed by atoms with van der Waals surface area (Å²) in [6, 6.07) is 46.3. The van der Waals surface area contributed by atoms with Crippen LogP contribution in [0.2, 0.25) is 0 Å². The zero-order chi connectivity index (χ0) is 25.3. The van der Waals surface area contributed by atoms with Crippen molar-refractivity contribution in [2.75, 3.05) is 0 Å². The van der Waals surface area contributed by atoms with Gasteiger partial charge in [0.15, 0.2) is 0 Å². The number of hydrogen-bond acceptors (Lipinski definition) is 1. The summed E-state index contributed by atoms with van der Waals surface area (Å²) < 4.78 is 0. The number of aryl methyl sites for hydroxylation is 4. The standard InChI is InChI=1S/C37H29N/c1-3-14-32-26(10-1)24-28(34-16-5-7-18-36(32)34)20-22-30-12-9-13-31(38-30)23-21-29-25-27-11-2-4-15-33(27)37-19-8-6-17-35(29)37/h1-19,24-25H,20-23H2. The van der Waals surface area contributed by atoms with Gasteiger partial charge in [-0.25, -0.2) is 0 Å². The Hall–Kier alpha value is -4.49. The first-order chi connectivity index (χ1) is 18.8. The summed E-state index contributed by atoms with van der Waals surface area (Å²) in [4.78, 5) is 5.09. The van der Waals surface area contributed by atoms with Crippen molar-refractivity contribution in [2.45, 2.75) is 25.7 Å². The van der Waals surface area contributed by atoms with Gasteiger partial charge in [-0.3, -0.25) is 4.98 Å². The summed E-state index contributed by atoms with van der Waals surface area (Å²) in [6.45, 7) is 0. The molecule has 7 aromatic rings. The van der Waals surface area contributed by atoms with E-state index in [9.17, 15) is 0 Å². The Morgan fingerprint density at radius 1 is 0.342 bits per heavy atom. The Bertz CT molecular complexity index is 1790. The van der Waals surface area contributed by atoms with E-state index in [1.165, 1.54) is 65.6 Å². The van der Waals surface area contributed by atoms with Crippen molar-refractivity contribution in [1.29, 1.82) is 0 Å². The van der Waals surface area contributed by atoms with Gasteiger partial charge in [0.25, 0.3) is 0 Å². The third-order valence-corrected chi connectivity index (χ3v) is 7.87. The second-order valence-electron chi connectivity index (χ2n) is 10.2. The van der Waals surface area contributed by atoms with Crippen LogP contribution in [0.15, 0.2) is 127 Å². The third-order valence-electron chi connectivity index (χ3n) is 7.87. The molecule has 0 unspecified atom stereocenters. The SMILES string of the molecule is c1cc(CCc2cc3ccccc3c3ccccc23)nc(CCc2cc3ccccc3c3ccccc23)c1. The van der Waals surface area contributed by atoms with Gasteiger partial charge in [-0.05, 0) is 92.0 Å². The van der Waals surface area contributed by atoms with E-state index < -0.39 is 0 Å². The number of rotatable bonds is 6. The molecule has 6 aromatic carbocycles. The van der Waals surface area contributed by atoms with Crippen molar-refractivity contribution < 1.29 is 0 Å². The molecule has 7 rings (SSSR count). The lowest BCUT2D eigenvalue weighted by Gasteiger charge is -2.12. The minimum Gasteiger partial charge on any atom is -0.258 e. The molecule has 1 heterocycles. The average Bonchev–Trinajstić information content (AvgIpc) is 2.99. The van der Waals surface area contributed by atoms with Crippen molar-refractivity contribution in [3.63, 3.8) is 0 Å². The first-order valence-electron chi connectivity index (χ1n) is 13.6. The second-order valence-corrected chi connectivity index (χ2v) is 10.2. The molecule has 0 radical (unpaired) electrons. The van der Waals surface area contributed by atoms with Crippen LogP contribution in [0, 0.1) is 0 Å². The van der Waals surface area contributed by atoms with Gasteiger partial charge in [-0.15, -0.1) is 0 Å². The van der Waals surface area contributed by atoms with Crippen LogP contribution in [0.5, 0.6) is 0 Å². The minimum atomic E-state index is 0.940. The molecular formula is C37H29N. The molecule has 182 valence electrons. The summed E-state index contributed by atoms with van der Waals surface area (Å²) in [5.41, 5.74) is 5.13. The van der Waals surface area contributed by atoms with Crippen LogP contribution in [0.25, 0.3) is 43.1 Å². The smallest absolute Gasteiger partial charge is 0.0410 e. The van der Waals surface area contributed by atoms with Crippen LogP contribution in [0.1, 0.15) is 22.5 Å². The fraction of sp³-hybridized carbons (Fsp3) is 0.108. The molecule has 0 atom stereocenters. The van der Waals surface area contributed by atoms with Crippen molar-refractivity contribution >= 4 is 43.1 Å². The lowest BCUT2D eigenvalue weighted by atomic mass is 9.94. The van der Waals surface area contributed by atoms with E-state index in [-0.39, 0.29) is 0 Å². The number of aromatic nitrogens is 1. The van der Waals surface area contributed by atoms with Crippen LogP contribution < -0.4 is 0 Å². The quantitative estimate of drug-likeness (QED) is 0.213. The van der Waals surface area contributed by atoms with Gasteiger partial charge in [0, 0.05) is 11.4 Å². The predicted octanol–water partition coefficient (Wildman–Crippen LogP) is 9.26. The van der Waals surface area contributed by atoms with Crippen LogP contribution in [0.3, 0.4) is 0 Å². The molecule has 0 aliphatic carbocycles. The Balaban J connectivity index is 1.14. The maximum absolute atomic E-state index is 5.09. The van der Waals surface area contributed by atoms with Gasteiger partial charge in [-0.1, -0.05) is 115 Å². The molecular weight excluding hydrogens is 458 g/mol. The number of fused-ring (bicyclic) bond motifs is 6. The molecule has 0 aliphatic rings. The Morgan fingerprint density at radius 2 is 0.737 bits per heavy atom. The molecule has 1 heteroatoms. The maximum atomic E-state index is 5.09. The van der Waals surface area contributed by atoms with E-state index in [0.717, 1.165) is 25.7 Å². The minimum absolute atomic E-state index is 0.940. The average molecular weight is 488 g/mol. The van der Waals surface area contributed by atoms with E-state index in [1.54, 1.807) is 0 Å². The van der Waals surface area contributed by atoms with Crippen LogP contribution in [-0.4, -0.2) is 4.98 Å². The molecule has 0 fully saturated rings. The molecule has 0 saturated heterocycles. The maximum Gasteiger partial charge on any atom is 0.0410 e. The number of hydrogen-bond donors (Lipinski definition) is 0. The van der Waals surface area contributed by atoms with Crippen LogP contribution in [-0.2, 0) is 25.7 Å². The zero-order valence-electron chi connectivity index (χ0n) is 21.4. The lowest BCUT2D eigenvalue weighted by Crippen LogP contribution is -2.01. The molecule has 0 saturated carbocycles. The summed E-state index contributed by atoms with van der Waals surface area (Å²) in [5.74, 6) is 0. The Kier molecular flexibility index (Phi) is 5.83. The predicted molar refractivity (Wildman–Crippen MR) is 162 cm³/mol. The number of benzene rings is 6. The van der Waals surface area contributed by atoms with Crippen molar-refractivity contribution in [3.05, 3.63) is 150 Å². The van der Waals surface area contributed by atoms with Gasteiger partial charge < -0.3 is 0 Å². The normalized spacial score (nSPS) is 11.6. The van der Waals surface area contributed by atoms with Gasteiger partial charge >= 0.3 is 0 Å². The second kappa shape index (κ2) is 9.76. The molecule has 38 heavy (non-hydrogen) atoms. The topological polar surface area (TPSA) is 12.9 Å². The zero-order valence-corrected chi connectivity index (χ0v) is 21.4. The molecule has 1 aromatic heterocycles. The van der Waals surface area contributed by atoms with Crippen LogP contribution in [0.4, 0.5) is 0 Å². The van der Waals surface area contributed by atoms with Gasteiger partial charge in [0.1, 0.15) is 0 Å². The molecule has 0 N–H and O–H groups in total. The van der Waals surface area contributed by atoms with Gasteiger partial charge in [-0.2, -0.15) is 0 Å². The fourth-order valence-corrected chi connectivity index (χ4v) is 6.01. The summed E-state index contributed by atoms with van der Waals surface area (Å²) >= 11 is 0. The monoisotopic (exact) mass is 487 g/mol. The van der Waals surface area contributed by atoms with E-state index >= 15 is 0 Å². The van der Waals surface area contributed by atoms with Gasteiger partial charge in [0.05, 0.1) is 0 Å². The fourth-order valence-electron chi connectivity index (χ4n) is 6.01. The largest absolute Gasteiger partial charge is 0.258 e. The van der Waals surface area contributed by atoms with Crippen molar-refractivity contribution in [2.24, 2.45) is 0 Å².